The number of benzene rings is 2. The molecule has 0 aliphatic carbocycles. The van der Waals surface area contributed by atoms with Gasteiger partial charge in [0, 0.05) is 0 Å². The van der Waals surface area contributed by atoms with Gasteiger partial charge in [0.15, 0.2) is 0 Å². The highest BCUT2D eigenvalue weighted by atomic mass is 19.4. The summed E-state index contributed by atoms with van der Waals surface area (Å²) in [6.07, 6.45) is -3.11. The first-order valence-corrected chi connectivity index (χ1v) is 8.95. The molecular weight excluding hydrogens is 383 g/mol. The van der Waals surface area contributed by atoms with E-state index < -0.39 is 11.7 Å². The summed E-state index contributed by atoms with van der Waals surface area (Å²) in [4.78, 5) is 12.4. The van der Waals surface area contributed by atoms with Crippen LogP contribution < -0.4 is 10.1 Å². The van der Waals surface area contributed by atoms with Crippen molar-refractivity contribution in [2.45, 2.75) is 20.0 Å². The molecule has 1 aromatic heterocycles. The molecule has 152 valence electrons. The van der Waals surface area contributed by atoms with Crippen LogP contribution in [-0.4, -0.2) is 28.8 Å². The average molecular weight is 403 g/mol. The molecule has 0 bridgehead atoms. The zero-order chi connectivity index (χ0) is 21.0. The van der Waals surface area contributed by atoms with E-state index in [1.54, 1.807) is 6.92 Å². The Balaban J connectivity index is 1.63. The zero-order valence-corrected chi connectivity index (χ0v) is 16.0. The molecule has 0 fully saturated rings. The van der Waals surface area contributed by atoms with Gasteiger partial charge in [-0.2, -0.15) is 18.3 Å². The van der Waals surface area contributed by atoms with Gasteiger partial charge in [0.05, 0.1) is 35.2 Å². The van der Waals surface area contributed by atoms with Gasteiger partial charge in [-0.3, -0.25) is 4.79 Å². The number of carbonyl (C=O) groups is 1. The highest BCUT2D eigenvalue weighted by molar-refractivity contribution is 5.95. The molecule has 8 heteroatoms. The van der Waals surface area contributed by atoms with Crippen LogP contribution in [0.3, 0.4) is 0 Å². The predicted molar refractivity (Wildman–Crippen MR) is 102 cm³/mol. The molecule has 29 heavy (non-hydrogen) atoms. The molecule has 0 saturated heterocycles. The van der Waals surface area contributed by atoms with Crippen molar-refractivity contribution < 1.29 is 22.7 Å². The van der Waals surface area contributed by atoms with Gasteiger partial charge in [-0.15, -0.1) is 0 Å². The van der Waals surface area contributed by atoms with Gasteiger partial charge in [0.2, 0.25) is 0 Å². The lowest BCUT2D eigenvalue weighted by atomic mass is 10.2. The molecule has 0 spiro atoms. The molecule has 0 aliphatic heterocycles. The number of carbonyl (C=O) groups excluding carboxylic acids is 1. The van der Waals surface area contributed by atoms with E-state index in [2.05, 4.69) is 10.4 Å². The monoisotopic (exact) mass is 403 g/mol. The SMILES string of the molecule is Cc1ccc(OCCNC(=O)c2cnn(-c3cccc(C(F)(F)F)c3)c2C)cc1. The van der Waals surface area contributed by atoms with Gasteiger partial charge in [0.25, 0.3) is 5.91 Å². The van der Waals surface area contributed by atoms with Crippen molar-refractivity contribution in [1.29, 1.82) is 0 Å². The smallest absolute Gasteiger partial charge is 0.416 e. The summed E-state index contributed by atoms with van der Waals surface area (Å²) < 4.78 is 45.6. The third kappa shape index (κ3) is 4.96. The largest absolute Gasteiger partial charge is 0.492 e. The molecule has 1 amide bonds. The van der Waals surface area contributed by atoms with Crippen LogP contribution in [-0.2, 0) is 6.18 Å². The van der Waals surface area contributed by atoms with Crippen molar-refractivity contribution in [2.24, 2.45) is 0 Å². The number of hydrogen-bond acceptors (Lipinski definition) is 3. The summed E-state index contributed by atoms with van der Waals surface area (Å²) >= 11 is 0. The van der Waals surface area contributed by atoms with E-state index in [9.17, 15) is 18.0 Å². The highest BCUT2D eigenvalue weighted by Crippen LogP contribution is 2.30. The lowest BCUT2D eigenvalue weighted by Crippen LogP contribution is -2.28. The second kappa shape index (κ2) is 8.38. The summed E-state index contributed by atoms with van der Waals surface area (Å²) in [6, 6.07) is 12.4. The van der Waals surface area contributed by atoms with Crippen LogP contribution >= 0.6 is 0 Å². The Hall–Kier alpha value is -3.29. The first kappa shape index (κ1) is 20.4. The number of alkyl halides is 3. The van der Waals surface area contributed by atoms with Gasteiger partial charge < -0.3 is 10.1 Å². The first-order valence-electron chi connectivity index (χ1n) is 8.95. The lowest BCUT2D eigenvalue weighted by Gasteiger charge is -2.10. The van der Waals surface area contributed by atoms with Crippen molar-refractivity contribution >= 4 is 5.91 Å². The number of rotatable bonds is 6. The minimum absolute atomic E-state index is 0.235. The minimum Gasteiger partial charge on any atom is -0.492 e. The van der Waals surface area contributed by atoms with Crippen molar-refractivity contribution in [1.82, 2.24) is 15.1 Å². The van der Waals surface area contributed by atoms with Gasteiger partial charge in [0.1, 0.15) is 12.4 Å². The number of aryl methyl sites for hydroxylation is 1. The number of hydrogen-bond donors (Lipinski definition) is 1. The Labute approximate surface area is 166 Å². The molecule has 2 aromatic carbocycles. The van der Waals surface area contributed by atoms with Gasteiger partial charge in [-0.05, 0) is 44.2 Å². The Kier molecular flexibility index (Phi) is 5.91. The molecule has 1 heterocycles. The number of nitrogens with one attached hydrogen (secondary N) is 1. The van der Waals surface area contributed by atoms with Gasteiger partial charge >= 0.3 is 6.18 Å². The molecule has 0 radical (unpaired) electrons. The van der Waals surface area contributed by atoms with E-state index in [0.717, 1.165) is 17.7 Å². The van der Waals surface area contributed by atoms with Crippen LogP contribution in [0.5, 0.6) is 5.75 Å². The normalized spacial score (nSPS) is 11.3. The maximum Gasteiger partial charge on any atom is 0.416 e. The Morgan fingerprint density at radius 3 is 2.55 bits per heavy atom. The molecule has 5 nitrogen and oxygen atoms in total. The number of ether oxygens (including phenoxy) is 1. The topological polar surface area (TPSA) is 56.1 Å². The first-order chi connectivity index (χ1) is 13.8. The second-order valence-electron chi connectivity index (χ2n) is 6.52. The van der Waals surface area contributed by atoms with E-state index in [1.807, 2.05) is 31.2 Å². The van der Waals surface area contributed by atoms with E-state index in [4.69, 9.17) is 4.74 Å². The maximum atomic E-state index is 12.9. The molecule has 3 rings (SSSR count). The number of aromatic nitrogens is 2. The van der Waals surface area contributed by atoms with Crippen LogP contribution in [0.1, 0.15) is 27.2 Å². The third-order valence-electron chi connectivity index (χ3n) is 4.35. The fourth-order valence-electron chi connectivity index (χ4n) is 2.77. The van der Waals surface area contributed by atoms with Crippen molar-refractivity contribution in [3.63, 3.8) is 0 Å². The standard InChI is InChI=1S/C21H20F3N3O2/c1-14-6-8-18(9-7-14)29-11-10-25-20(28)19-13-26-27(15(19)2)17-5-3-4-16(12-17)21(22,23)24/h3-9,12-13H,10-11H2,1-2H3,(H,25,28). The number of amides is 1. The van der Waals surface area contributed by atoms with Crippen LogP contribution in [0.2, 0.25) is 0 Å². The zero-order valence-electron chi connectivity index (χ0n) is 16.0. The number of nitrogens with zero attached hydrogens (tertiary/aromatic N) is 2. The molecule has 0 atom stereocenters. The van der Waals surface area contributed by atoms with Gasteiger partial charge in [-0.25, -0.2) is 4.68 Å². The molecule has 3 aromatic rings. The quantitative estimate of drug-likeness (QED) is 0.624. The van der Waals surface area contributed by atoms with Gasteiger partial charge in [-0.1, -0.05) is 23.8 Å². The van der Waals surface area contributed by atoms with Crippen LogP contribution in [0.15, 0.2) is 54.7 Å². The summed E-state index contributed by atoms with van der Waals surface area (Å²) in [5, 5.41) is 6.80. The molecule has 0 saturated carbocycles. The van der Waals surface area contributed by atoms with Crippen LogP contribution in [0, 0.1) is 13.8 Å². The Bertz CT molecular complexity index is 995. The van der Waals surface area contributed by atoms with E-state index >= 15 is 0 Å². The summed E-state index contributed by atoms with van der Waals surface area (Å²) in [6.45, 7) is 4.17. The Morgan fingerprint density at radius 1 is 1.14 bits per heavy atom. The van der Waals surface area contributed by atoms with Crippen LogP contribution in [0.4, 0.5) is 13.2 Å². The fraction of sp³-hybridized carbons (Fsp3) is 0.238. The molecular formula is C21H20F3N3O2. The highest BCUT2D eigenvalue weighted by Gasteiger charge is 2.30. The fourth-order valence-corrected chi connectivity index (χ4v) is 2.77. The maximum absolute atomic E-state index is 12.9. The molecule has 0 aliphatic rings. The van der Waals surface area contributed by atoms with Crippen molar-refractivity contribution in [2.75, 3.05) is 13.2 Å². The predicted octanol–water partition coefficient (Wildman–Crippen LogP) is 4.32. The summed E-state index contributed by atoms with van der Waals surface area (Å²) in [7, 11) is 0. The molecule has 1 N–H and O–H groups in total. The second-order valence-corrected chi connectivity index (χ2v) is 6.52. The number of halogens is 3. The van der Waals surface area contributed by atoms with E-state index in [1.165, 1.54) is 23.0 Å². The lowest BCUT2D eigenvalue weighted by molar-refractivity contribution is -0.137. The summed E-state index contributed by atoms with van der Waals surface area (Å²) in [5.74, 6) is 0.339. The van der Waals surface area contributed by atoms with Crippen LogP contribution in [0.25, 0.3) is 5.69 Å². The van der Waals surface area contributed by atoms with Crippen molar-refractivity contribution in [3.8, 4) is 11.4 Å². The molecule has 0 unspecified atom stereocenters. The van der Waals surface area contributed by atoms with Crippen molar-refractivity contribution in [3.05, 3.63) is 77.1 Å². The van der Waals surface area contributed by atoms with E-state index in [0.29, 0.717) is 11.4 Å². The summed E-state index contributed by atoms with van der Waals surface area (Å²) in [5.41, 5.74) is 1.32. The van der Waals surface area contributed by atoms with E-state index in [-0.39, 0.29) is 30.3 Å². The third-order valence-corrected chi connectivity index (χ3v) is 4.35. The minimum atomic E-state index is -4.45. The Morgan fingerprint density at radius 2 is 1.86 bits per heavy atom. The average Bonchev–Trinajstić information content (AvgIpc) is 3.07.